The van der Waals surface area contributed by atoms with Gasteiger partial charge in [-0.05, 0) is 66.1 Å². The Morgan fingerprint density at radius 1 is 0.872 bits per heavy atom. The number of halogens is 2. The Kier molecular flexibility index (Phi) is 12.2. The van der Waals surface area contributed by atoms with E-state index in [4.69, 9.17) is 21.1 Å². The van der Waals surface area contributed by atoms with Crippen LogP contribution in [0.2, 0.25) is 5.02 Å². The molecule has 0 fully saturated rings. The molecule has 4 rings (SSSR count). The zero-order valence-electron chi connectivity index (χ0n) is 26.4. The lowest BCUT2D eigenvalue weighted by molar-refractivity contribution is -0.140. The van der Waals surface area contributed by atoms with E-state index in [2.05, 4.69) is 5.32 Å². The summed E-state index contributed by atoms with van der Waals surface area (Å²) in [5, 5.41) is 3.40. The van der Waals surface area contributed by atoms with Crippen molar-refractivity contribution >= 4 is 39.1 Å². The number of hydrogen-bond acceptors (Lipinski definition) is 6. The summed E-state index contributed by atoms with van der Waals surface area (Å²) < 4.78 is 54.0. The van der Waals surface area contributed by atoms with E-state index in [0.717, 1.165) is 22.0 Å². The molecule has 0 heterocycles. The molecule has 4 aromatic rings. The molecule has 248 valence electrons. The lowest BCUT2D eigenvalue weighted by atomic mass is 10.0. The second-order valence-electron chi connectivity index (χ2n) is 10.6. The first-order chi connectivity index (χ1) is 22.6. The van der Waals surface area contributed by atoms with Gasteiger partial charge in [-0.2, -0.15) is 0 Å². The Balaban J connectivity index is 1.81. The third kappa shape index (κ3) is 9.02. The summed E-state index contributed by atoms with van der Waals surface area (Å²) in [5.74, 6) is -1.14. The predicted molar refractivity (Wildman–Crippen MR) is 180 cm³/mol. The molecule has 0 aliphatic rings. The number of ether oxygens (including phenoxy) is 2. The molecule has 0 aliphatic heterocycles. The highest BCUT2D eigenvalue weighted by Crippen LogP contribution is 2.32. The number of rotatable bonds is 15. The summed E-state index contributed by atoms with van der Waals surface area (Å²) >= 11 is 6.12. The molecule has 0 bridgehead atoms. The molecule has 12 heteroatoms. The van der Waals surface area contributed by atoms with E-state index in [1.165, 1.54) is 49.5 Å². The van der Waals surface area contributed by atoms with Crippen molar-refractivity contribution in [1.29, 1.82) is 0 Å². The lowest BCUT2D eigenvalue weighted by Crippen LogP contribution is -2.53. The Hall–Kier alpha value is -4.61. The minimum atomic E-state index is -4.44. The first-order valence-electron chi connectivity index (χ1n) is 14.9. The minimum Gasteiger partial charge on any atom is -0.493 e. The number of methoxy groups -OCH3 is 2. The van der Waals surface area contributed by atoms with Crippen molar-refractivity contribution in [3.8, 4) is 11.5 Å². The van der Waals surface area contributed by atoms with Gasteiger partial charge in [0, 0.05) is 30.6 Å². The highest BCUT2D eigenvalue weighted by molar-refractivity contribution is 7.92. The average Bonchev–Trinajstić information content (AvgIpc) is 3.08. The largest absolute Gasteiger partial charge is 0.493 e. The molecule has 0 aliphatic carbocycles. The molecule has 0 aromatic heterocycles. The SMILES string of the molecule is CCCNC(=O)[C@@H](Cc1ccccc1)N(Cc1ccc(Cl)cc1)C(=O)CN(c1ccc(F)cc1)S(=O)(=O)c1ccc(OC)c(OC)c1. The van der Waals surface area contributed by atoms with Gasteiger partial charge in [0.1, 0.15) is 18.4 Å². The van der Waals surface area contributed by atoms with Gasteiger partial charge in [-0.25, -0.2) is 12.8 Å². The van der Waals surface area contributed by atoms with Gasteiger partial charge in [0.25, 0.3) is 10.0 Å². The molecule has 9 nitrogen and oxygen atoms in total. The molecule has 47 heavy (non-hydrogen) atoms. The number of amides is 2. The van der Waals surface area contributed by atoms with Crippen LogP contribution in [-0.4, -0.2) is 58.5 Å². The van der Waals surface area contributed by atoms with E-state index in [1.807, 2.05) is 37.3 Å². The summed E-state index contributed by atoms with van der Waals surface area (Å²) in [7, 11) is -1.64. The van der Waals surface area contributed by atoms with E-state index in [9.17, 15) is 22.4 Å². The van der Waals surface area contributed by atoms with Gasteiger partial charge in [-0.15, -0.1) is 0 Å². The molecule has 0 unspecified atom stereocenters. The van der Waals surface area contributed by atoms with Crippen molar-refractivity contribution < 1.29 is 31.9 Å². The third-order valence-electron chi connectivity index (χ3n) is 7.42. The van der Waals surface area contributed by atoms with Gasteiger partial charge in [0.2, 0.25) is 11.8 Å². The lowest BCUT2D eigenvalue weighted by Gasteiger charge is -2.34. The first kappa shape index (κ1) is 35.2. The highest BCUT2D eigenvalue weighted by Gasteiger charge is 2.35. The Morgan fingerprint density at radius 2 is 1.53 bits per heavy atom. The summed E-state index contributed by atoms with van der Waals surface area (Å²) in [4.78, 5) is 29.4. The Morgan fingerprint density at radius 3 is 2.15 bits per heavy atom. The number of carbonyl (C=O) groups excluding carboxylic acids is 2. The molecular weight excluding hydrogens is 645 g/mol. The minimum absolute atomic E-state index is 0.0132. The second kappa shape index (κ2) is 16.3. The number of carbonyl (C=O) groups is 2. The van der Waals surface area contributed by atoms with Gasteiger partial charge < -0.3 is 19.7 Å². The summed E-state index contributed by atoms with van der Waals surface area (Å²) in [5.41, 5.74) is 1.54. The van der Waals surface area contributed by atoms with Crippen LogP contribution in [0, 0.1) is 5.82 Å². The Labute approximate surface area is 279 Å². The van der Waals surface area contributed by atoms with Crippen LogP contribution >= 0.6 is 11.6 Å². The van der Waals surface area contributed by atoms with Crippen molar-refractivity contribution in [1.82, 2.24) is 10.2 Å². The van der Waals surface area contributed by atoms with Crippen LogP contribution in [0.25, 0.3) is 0 Å². The first-order valence-corrected chi connectivity index (χ1v) is 16.7. The zero-order valence-corrected chi connectivity index (χ0v) is 27.9. The average molecular weight is 682 g/mol. The molecule has 1 N–H and O–H groups in total. The van der Waals surface area contributed by atoms with Crippen LogP contribution in [0.15, 0.2) is 102 Å². The maximum absolute atomic E-state index is 14.5. The van der Waals surface area contributed by atoms with Gasteiger partial charge in [0.05, 0.1) is 24.8 Å². The van der Waals surface area contributed by atoms with Crippen LogP contribution < -0.4 is 19.1 Å². The molecule has 1 atom stereocenters. The van der Waals surface area contributed by atoms with Crippen LogP contribution in [0.3, 0.4) is 0 Å². The number of anilines is 1. The normalized spacial score (nSPS) is 11.8. The van der Waals surface area contributed by atoms with Crippen molar-refractivity contribution in [3.63, 3.8) is 0 Å². The number of nitrogens with zero attached hydrogens (tertiary/aromatic N) is 2. The van der Waals surface area contributed by atoms with E-state index in [1.54, 1.807) is 24.3 Å². The smallest absolute Gasteiger partial charge is 0.264 e. The highest BCUT2D eigenvalue weighted by atomic mass is 35.5. The molecule has 0 spiro atoms. The topological polar surface area (TPSA) is 105 Å². The Bertz CT molecular complexity index is 1760. The standard InChI is InChI=1S/C35H37ClFN3O6S/c1-4-20-38-35(42)31(21-25-8-6-5-7-9-25)39(23-26-10-12-27(36)13-11-26)34(41)24-40(29-16-14-28(37)15-17-29)47(43,44)30-18-19-32(45-2)33(22-30)46-3/h5-19,22,31H,4,20-21,23-24H2,1-3H3,(H,38,42)/t31-/m1/s1. The maximum atomic E-state index is 14.5. The fourth-order valence-electron chi connectivity index (χ4n) is 4.95. The molecule has 0 saturated carbocycles. The summed E-state index contributed by atoms with van der Waals surface area (Å²) in [6.45, 7) is 1.61. The molecule has 0 radical (unpaired) electrons. The molecular formula is C35H37ClFN3O6S. The number of hydrogen-bond donors (Lipinski definition) is 1. The van der Waals surface area contributed by atoms with Crippen LogP contribution in [-0.2, 0) is 32.6 Å². The zero-order chi connectivity index (χ0) is 34.0. The van der Waals surface area contributed by atoms with Crippen molar-refractivity contribution in [3.05, 3.63) is 119 Å². The van der Waals surface area contributed by atoms with Gasteiger partial charge in [-0.1, -0.05) is 61.0 Å². The summed E-state index contributed by atoms with van der Waals surface area (Å²) in [6.07, 6.45) is 0.853. The number of nitrogens with one attached hydrogen (secondary N) is 1. The molecule has 4 aromatic carbocycles. The van der Waals surface area contributed by atoms with Gasteiger partial charge in [0.15, 0.2) is 11.5 Å². The van der Waals surface area contributed by atoms with Gasteiger partial charge in [-0.3, -0.25) is 13.9 Å². The van der Waals surface area contributed by atoms with E-state index < -0.39 is 34.3 Å². The monoisotopic (exact) mass is 681 g/mol. The van der Waals surface area contributed by atoms with E-state index >= 15 is 0 Å². The van der Waals surface area contributed by atoms with Crippen molar-refractivity contribution in [2.45, 2.75) is 37.2 Å². The van der Waals surface area contributed by atoms with Crippen LogP contribution in [0.1, 0.15) is 24.5 Å². The third-order valence-corrected chi connectivity index (χ3v) is 9.44. The van der Waals surface area contributed by atoms with Crippen LogP contribution in [0.4, 0.5) is 10.1 Å². The molecule has 2 amide bonds. The van der Waals surface area contributed by atoms with Crippen LogP contribution in [0.5, 0.6) is 11.5 Å². The predicted octanol–water partition coefficient (Wildman–Crippen LogP) is 5.86. The number of sulfonamides is 1. The van der Waals surface area contributed by atoms with E-state index in [0.29, 0.717) is 29.3 Å². The quantitative estimate of drug-likeness (QED) is 0.169. The van der Waals surface area contributed by atoms with Crippen molar-refractivity contribution in [2.24, 2.45) is 0 Å². The summed E-state index contributed by atoms with van der Waals surface area (Å²) in [6, 6.07) is 23.9. The van der Waals surface area contributed by atoms with Gasteiger partial charge >= 0.3 is 0 Å². The number of benzene rings is 4. The van der Waals surface area contributed by atoms with E-state index in [-0.39, 0.29) is 35.2 Å². The molecule has 0 saturated heterocycles. The van der Waals surface area contributed by atoms with Crippen molar-refractivity contribution in [2.75, 3.05) is 31.6 Å². The maximum Gasteiger partial charge on any atom is 0.264 e. The fourth-order valence-corrected chi connectivity index (χ4v) is 6.50. The fraction of sp³-hybridized carbons (Fsp3) is 0.257. The second-order valence-corrected chi connectivity index (χ2v) is 12.9.